The molecule has 0 saturated carbocycles. The van der Waals surface area contributed by atoms with E-state index in [0.717, 1.165) is 42.9 Å². The predicted molar refractivity (Wildman–Crippen MR) is 156 cm³/mol. The van der Waals surface area contributed by atoms with Crippen LogP contribution in [-0.2, 0) is 11.2 Å². The monoisotopic (exact) mass is 555 g/mol. The molecule has 6 rings (SSSR count). The third kappa shape index (κ3) is 5.35. The molecular formula is C31H30FN5O2S. The maximum Gasteiger partial charge on any atom is 0.255 e. The number of rotatable bonds is 6. The molecular weight excluding hydrogens is 525 g/mol. The number of amides is 2. The van der Waals surface area contributed by atoms with Crippen molar-refractivity contribution in [1.82, 2.24) is 14.8 Å². The lowest BCUT2D eigenvalue weighted by Gasteiger charge is -2.35. The molecule has 1 aromatic heterocycles. The van der Waals surface area contributed by atoms with Gasteiger partial charge in [0.05, 0.1) is 0 Å². The van der Waals surface area contributed by atoms with Crippen molar-refractivity contribution in [1.29, 1.82) is 0 Å². The van der Waals surface area contributed by atoms with Crippen LogP contribution >= 0.6 is 11.3 Å². The Morgan fingerprint density at radius 3 is 2.48 bits per heavy atom. The van der Waals surface area contributed by atoms with Crippen molar-refractivity contribution >= 4 is 34.0 Å². The summed E-state index contributed by atoms with van der Waals surface area (Å²) in [5.41, 5.74) is 5.08. The van der Waals surface area contributed by atoms with E-state index in [9.17, 15) is 14.0 Å². The summed E-state index contributed by atoms with van der Waals surface area (Å²) >= 11 is 1.29. The minimum absolute atomic E-state index is 0.249. The number of hydrogen-bond acceptors (Lipinski definition) is 6. The lowest BCUT2D eigenvalue weighted by atomic mass is 9.92. The fraction of sp³-hybridized carbons (Fsp3) is 0.258. The Balaban J connectivity index is 1.28. The third-order valence-electron chi connectivity index (χ3n) is 7.68. The van der Waals surface area contributed by atoms with Crippen LogP contribution in [0.4, 0.5) is 15.2 Å². The third-order valence-corrected chi connectivity index (χ3v) is 8.37. The minimum Gasteiger partial charge on any atom is -0.369 e. The van der Waals surface area contributed by atoms with Gasteiger partial charge < -0.3 is 14.7 Å². The predicted octanol–water partition coefficient (Wildman–Crippen LogP) is 5.08. The molecule has 1 fully saturated rings. The number of nitrogens with zero attached hydrogens (tertiary/aromatic N) is 4. The summed E-state index contributed by atoms with van der Waals surface area (Å²) in [6.07, 6.45) is 2.19. The van der Waals surface area contributed by atoms with Crippen molar-refractivity contribution < 1.29 is 14.0 Å². The van der Waals surface area contributed by atoms with Crippen LogP contribution in [0.5, 0.6) is 0 Å². The van der Waals surface area contributed by atoms with Gasteiger partial charge in [0.15, 0.2) is 5.13 Å². The fourth-order valence-electron chi connectivity index (χ4n) is 5.45. The summed E-state index contributed by atoms with van der Waals surface area (Å²) in [5, 5.41) is 4.99. The van der Waals surface area contributed by atoms with Crippen molar-refractivity contribution in [2.45, 2.75) is 12.5 Å². The fourth-order valence-corrected chi connectivity index (χ4v) is 5.99. The molecule has 204 valence electrons. The molecule has 2 amide bonds. The first-order valence-corrected chi connectivity index (χ1v) is 14.3. The first-order valence-electron chi connectivity index (χ1n) is 13.4. The summed E-state index contributed by atoms with van der Waals surface area (Å²) in [4.78, 5) is 37.8. The molecule has 0 spiro atoms. The summed E-state index contributed by atoms with van der Waals surface area (Å²) in [6, 6.07) is 19.3. The van der Waals surface area contributed by atoms with Crippen LogP contribution in [0.1, 0.15) is 27.5 Å². The molecule has 40 heavy (non-hydrogen) atoms. The van der Waals surface area contributed by atoms with Gasteiger partial charge in [0, 0.05) is 55.6 Å². The van der Waals surface area contributed by atoms with E-state index in [1.165, 1.54) is 29.2 Å². The van der Waals surface area contributed by atoms with E-state index in [2.05, 4.69) is 51.4 Å². The lowest BCUT2D eigenvalue weighted by Crippen LogP contribution is -2.45. The van der Waals surface area contributed by atoms with Crippen LogP contribution in [0.2, 0.25) is 0 Å². The first kappa shape index (κ1) is 26.2. The van der Waals surface area contributed by atoms with Crippen LogP contribution in [0.3, 0.4) is 0 Å². The zero-order chi connectivity index (χ0) is 27.6. The number of likely N-dealkylation sites (N-methyl/N-ethyl adjacent to an activating group) is 1. The Hall–Kier alpha value is -4.08. The number of fused-ring (bicyclic) bond motifs is 1. The molecule has 1 atom stereocenters. The largest absolute Gasteiger partial charge is 0.369 e. The topological polar surface area (TPSA) is 68.8 Å². The Morgan fingerprint density at radius 1 is 0.975 bits per heavy atom. The van der Waals surface area contributed by atoms with Crippen molar-refractivity contribution in [2.24, 2.45) is 0 Å². The molecule has 3 heterocycles. The number of thiazole rings is 1. The maximum atomic E-state index is 14.2. The Bertz CT molecular complexity index is 1520. The number of anilines is 2. The highest BCUT2D eigenvalue weighted by molar-refractivity contribution is 7.13. The molecule has 9 heteroatoms. The molecule has 7 nitrogen and oxygen atoms in total. The van der Waals surface area contributed by atoms with E-state index in [0.29, 0.717) is 29.2 Å². The molecule has 0 bridgehead atoms. The number of benzene rings is 3. The highest BCUT2D eigenvalue weighted by Crippen LogP contribution is 2.33. The van der Waals surface area contributed by atoms with Crippen molar-refractivity contribution in [2.75, 3.05) is 50.0 Å². The van der Waals surface area contributed by atoms with Gasteiger partial charge in [-0.15, -0.1) is 11.3 Å². The van der Waals surface area contributed by atoms with Gasteiger partial charge in [-0.1, -0.05) is 36.4 Å². The van der Waals surface area contributed by atoms with E-state index < -0.39 is 17.8 Å². The normalized spacial score (nSPS) is 16.5. The Kier molecular flexibility index (Phi) is 7.32. The van der Waals surface area contributed by atoms with Crippen LogP contribution in [-0.4, -0.2) is 66.4 Å². The Labute approximate surface area is 236 Å². The average Bonchev–Trinajstić information content (AvgIpc) is 3.48. The molecule has 2 aliphatic rings. The van der Waals surface area contributed by atoms with E-state index >= 15 is 0 Å². The van der Waals surface area contributed by atoms with Gasteiger partial charge >= 0.3 is 0 Å². The highest BCUT2D eigenvalue weighted by atomic mass is 32.1. The molecule has 4 aromatic rings. The number of carbonyl (C=O) groups excluding carboxylic acids is 2. The zero-order valence-electron chi connectivity index (χ0n) is 22.2. The summed E-state index contributed by atoms with van der Waals surface area (Å²) < 4.78 is 14.2. The highest BCUT2D eigenvalue weighted by Gasteiger charge is 2.36. The van der Waals surface area contributed by atoms with Crippen LogP contribution in [0, 0.1) is 5.82 Å². The number of carbonyl (C=O) groups is 2. The molecule has 1 N–H and O–H groups in total. The Morgan fingerprint density at radius 2 is 1.75 bits per heavy atom. The zero-order valence-corrected chi connectivity index (χ0v) is 23.0. The maximum absolute atomic E-state index is 14.2. The van der Waals surface area contributed by atoms with Crippen molar-refractivity contribution in [3.63, 3.8) is 0 Å². The van der Waals surface area contributed by atoms with Crippen LogP contribution in [0.15, 0.2) is 78.3 Å². The summed E-state index contributed by atoms with van der Waals surface area (Å²) in [6.45, 7) is 4.44. The second-order valence-electron chi connectivity index (χ2n) is 10.2. The molecule has 3 aromatic carbocycles. The van der Waals surface area contributed by atoms with Gasteiger partial charge in [-0.3, -0.25) is 14.9 Å². The average molecular weight is 556 g/mol. The van der Waals surface area contributed by atoms with E-state index in [-0.39, 0.29) is 5.91 Å². The van der Waals surface area contributed by atoms with E-state index in [1.807, 2.05) is 18.2 Å². The van der Waals surface area contributed by atoms with Gasteiger partial charge in [0.2, 0.25) is 0 Å². The van der Waals surface area contributed by atoms with Gasteiger partial charge in [-0.25, -0.2) is 9.37 Å². The van der Waals surface area contributed by atoms with E-state index in [1.54, 1.807) is 28.6 Å². The molecule has 1 saturated heterocycles. The molecule has 0 radical (unpaired) electrons. The van der Waals surface area contributed by atoms with Crippen LogP contribution in [0.25, 0.3) is 11.1 Å². The van der Waals surface area contributed by atoms with Gasteiger partial charge in [0.25, 0.3) is 11.8 Å². The number of halogens is 1. The smallest absolute Gasteiger partial charge is 0.255 e. The molecule has 0 aliphatic carbocycles. The number of nitrogens with one attached hydrogen (secondary N) is 1. The van der Waals surface area contributed by atoms with Gasteiger partial charge in [-0.2, -0.15) is 0 Å². The first-order chi connectivity index (χ1) is 19.5. The molecule has 1 unspecified atom stereocenters. The molecule has 2 aliphatic heterocycles. The number of aromatic nitrogens is 1. The van der Waals surface area contributed by atoms with Gasteiger partial charge in [0.1, 0.15) is 11.9 Å². The van der Waals surface area contributed by atoms with Gasteiger partial charge in [-0.05, 0) is 66.1 Å². The van der Waals surface area contributed by atoms with Crippen molar-refractivity contribution in [3.05, 3.63) is 101 Å². The number of hydrogen-bond donors (Lipinski definition) is 1. The van der Waals surface area contributed by atoms with E-state index in [4.69, 9.17) is 0 Å². The number of piperazine rings is 1. The standard InChI is InChI=1S/C31H30FN5O2S/c1-35-14-16-36(17-15-35)26-9-7-21(8-10-26)23-6-5-22-11-13-37(30(39)27(22)20-23)28(24-3-2-4-25(32)19-24)29(38)34-31-33-12-18-40-31/h2-10,12,18-20,28H,11,13-17H2,1H3,(H,33,34,38). The second-order valence-corrected chi connectivity index (χ2v) is 11.1. The quantitative estimate of drug-likeness (QED) is 0.360. The minimum atomic E-state index is -0.994. The summed E-state index contributed by atoms with van der Waals surface area (Å²) in [7, 11) is 2.15. The second kappa shape index (κ2) is 11.2. The lowest BCUT2D eigenvalue weighted by molar-refractivity contribution is -0.120. The van der Waals surface area contributed by atoms with Crippen LogP contribution < -0.4 is 10.2 Å². The summed E-state index contributed by atoms with van der Waals surface area (Å²) in [5.74, 6) is -1.13. The SMILES string of the molecule is CN1CCN(c2ccc(-c3ccc4c(c3)C(=O)N(C(C(=O)Nc3nccs3)c3cccc(F)c3)CC4)cc2)CC1. The van der Waals surface area contributed by atoms with Crippen molar-refractivity contribution in [3.8, 4) is 11.1 Å².